The molecular formula is C13H24N4O2S. The van der Waals surface area contributed by atoms with Crippen LogP contribution in [0.5, 0.6) is 0 Å². The Bertz CT molecular complexity index is 522. The molecule has 0 spiro atoms. The lowest BCUT2D eigenvalue weighted by atomic mass is 10.3. The maximum absolute atomic E-state index is 12.7. The van der Waals surface area contributed by atoms with E-state index in [0.29, 0.717) is 13.1 Å². The Morgan fingerprint density at radius 3 is 2.75 bits per heavy atom. The van der Waals surface area contributed by atoms with E-state index in [1.165, 1.54) is 0 Å². The average molecular weight is 300 g/mol. The summed E-state index contributed by atoms with van der Waals surface area (Å²) in [6.45, 7) is 6.06. The van der Waals surface area contributed by atoms with Crippen molar-refractivity contribution >= 4 is 10.0 Å². The summed E-state index contributed by atoms with van der Waals surface area (Å²) in [7, 11) is -3.45. The predicted octanol–water partition coefficient (Wildman–Crippen LogP) is 1.47. The van der Waals surface area contributed by atoms with Crippen molar-refractivity contribution in [3.05, 3.63) is 11.8 Å². The molecule has 0 unspecified atom stereocenters. The lowest BCUT2D eigenvalue weighted by Crippen LogP contribution is -2.34. The second-order valence-electron chi connectivity index (χ2n) is 5.25. The van der Waals surface area contributed by atoms with Crippen LogP contribution in [0.4, 0.5) is 0 Å². The zero-order valence-electron chi connectivity index (χ0n) is 12.2. The summed E-state index contributed by atoms with van der Waals surface area (Å²) < 4.78 is 27.1. The molecule has 2 N–H and O–H groups in total. The van der Waals surface area contributed by atoms with Crippen LogP contribution in [-0.4, -0.2) is 42.1 Å². The molecule has 0 saturated heterocycles. The zero-order chi connectivity index (χ0) is 14.6. The van der Waals surface area contributed by atoms with Gasteiger partial charge in [0, 0.05) is 24.7 Å². The molecule has 1 aliphatic rings. The molecule has 2 rings (SSSR count). The molecule has 1 heterocycles. The molecule has 0 radical (unpaired) electrons. The first-order valence-corrected chi connectivity index (χ1v) is 8.80. The Balaban J connectivity index is 2.17. The lowest BCUT2D eigenvalue weighted by molar-refractivity contribution is 0.400. The molecule has 0 bridgehead atoms. The van der Waals surface area contributed by atoms with Crippen LogP contribution < -0.4 is 5.32 Å². The van der Waals surface area contributed by atoms with Crippen LogP contribution in [0.2, 0.25) is 0 Å². The molecule has 114 valence electrons. The summed E-state index contributed by atoms with van der Waals surface area (Å²) in [4.78, 5) is 0. The fourth-order valence-electron chi connectivity index (χ4n) is 2.25. The normalized spacial score (nSPS) is 15.9. The molecule has 1 aliphatic carbocycles. The Morgan fingerprint density at radius 2 is 2.15 bits per heavy atom. The van der Waals surface area contributed by atoms with Crippen molar-refractivity contribution in [2.75, 3.05) is 13.1 Å². The Morgan fingerprint density at radius 1 is 1.40 bits per heavy atom. The van der Waals surface area contributed by atoms with Gasteiger partial charge in [-0.3, -0.25) is 5.10 Å². The number of nitrogens with one attached hydrogen (secondary N) is 2. The topological polar surface area (TPSA) is 78.1 Å². The highest BCUT2D eigenvalue weighted by molar-refractivity contribution is 7.89. The van der Waals surface area contributed by atoms with Crippen LogP contribution in [-0.2, 0) is 16.6 Å². The van der Waals surface area contributed by atoms with E-state index in [9.17, 15) is 8.42 Å². The van der Waals surface area contributed by atoms with Crippen LogP contribution in [0.3, 0.4) is 0 Å². The van der Waals surface area contributed by atoms with Crippen molar-refractivity contribution in [3.63, 3.8) is 0 Å². The maximum atomic E-state index is 12.7. The minimum absolute atomic E-state index is 0.180. The number of H-pyrrole nitrogens is 1. The Kier molecular flexibility index (Phi) is 5.17. The van der Waals surface area contributed by atoms with Gasteiger partial charge in [-0.15, -0.1) is 0 Å². The fraction of sp³-hybridized carbons (Fsp3) is 0.769. The van der Waals surface area contributed by atoms with E-state index in [4.69, 9.17) is 0 Å². The zero-order valence-corrected chi connectivity index (χ0v) is 13.0. The number of hydrogen-bond acceptors (Lipinski definition) is 4. The van der Waals surface area contributed by atoms with Crippen molar-refractivity contribution in [2.45, 2.75) is 57.1 Å². The minimum Gasteiger partial charge on any atom is -0.313 e. The van der Waals surface area contributed by atoms with Crippen molar-refractivity contribution in [1.29, 1.82) is 0 Å². The van der Waals surface area contributed by atoms with E-state index < -0.39 is 10.0 Å². The van der Waals surface area contributed by atoms with E-state index >= 15 is 0 Å². The van der Waals surface area contributed by atoms with E-state index in [2.05, 4.69) is 22.4 Å². The number of hydrogen-bond donors (Lipinski definition) is 2. The first-order valence-electron chi connectivity index (χ1n) is 7.36. The number of aromatic nitrogens is 2. The second-order valence-corrected chi connectivity index (χ2v) is 7.08. The van der Waals surface area contributed by atoms with E-state index in [1.807, 2.05) is 6.92 Å². The quantitative estimate of drug-likeness (QED) is 0.677. The molecule has 0 amide bonds. The summed E-state index contributed by atoms with van der Waals surface area (Å²) in [6.07, 6.45) is 5.39. The SMILES string of the molecule is CCCNCc1cn[nH]c1S(=O)(=O)N(CCC)C1CC1. The van der Waals surface area contributed by atoms with Gasteiger partial charge < -0.3 is 5.32 Å². The molecule has 0 aliphatic heterocycles. The van der Waals surface area contributed by atoms with Gasteiger partial charge in [0.15, 0.2) is 5.03 Å². The van der Waals surface area contributed by atoms with Gasteiger partial charge >= 0.3 is 0 Å². The number of sulfonamides is 1. The van der Waals surface area contributed by atoms with Gasteiger partial charge in [0.1, 0.15) is 0 Å². The average Bonchev–Trinajstić information content (AvgIpc) is 3.13. The summed E-state index contributed by atoms with van der Waals surface area (Å²) in [6, 6.07) is 0.180. The van der Waals surface area contributed by atoms with E-state index in [0.717, 1.165) is 37.8 Å². The molecule has 0 aromatic carbocycles. The third-order valence-corrected chi connectivity index (χ3v) is 5.35. The molecular weight excluding hydrogens is 276 g/mol. The first kappa shape index (κ1) is 15.5. The number of aromatic amines is 1. The third-order valence-electron chi connectivity index (χ3n) is 3.39. The Hall–Kier alpha value is -0.920. The van der Waals surface area contributed by atoms with E-state index in [1.54, 1.807) is 10.5 Å². The van der Waals surface area contributed by atoms with Crippen molar-refractivity contribution in [1.82, 2.24) is 19.8 Å². The van der Waals surface area contributed by atoms with Gasteiger partial charge in [0.2, 0.25) is 0 Å². The molecule has 1 aromatic rings. The largest absolute Gasteiger partial charge is 0.313 e. The van der Waals surface area contributed by atoms with Gasteiger partial charge in [0.05, 0.1) is 6.20 Å². The first-order chi connectivity index (χ1) is 9.61. The van der Waals surface area contributed by atoms with Gasteiger partial charge in [-0.05, 0) is 32.2 Å². The second kappa shape index (κ2) is 6.69. The van der Waals surface area contributed by atoms with Gasteiger partial charge in [-0.25, -0.2) is 8.42 Å². The summed E-state index contributed by atoms with van der Waals surface area (Å²) >= 11 is 0. The summed E-state index contributed by atoms with van der Waals surface area (Å²) in [5, 5.41) is 10.1. The highest BCUT2D eigenvalue weighted by Crippen LogP contribution is 2.32. The molecule has 1 fully saturated rings. The monoisotopic (exact) mass is 300 g/mol. The molecule has 6 nitrogen and oxygen atoms in total. The van der Waals surface area contributed by atoms with Crippen LogP contribution >= 0.6 is 0 Å². The maximum Gasteiger partial charge on any atom is 0.260 e. The highest BCUT2D eigenvalue weighted by Gasteiger charge is 2.39. The van der Waals surface area contributed by atoms with E-state index in [-0.39, 0.29) is 11.1 Å². The summed E-state index contributed by atoms with van der Waals surface area (Å²) in [5.41, 5.74) is 0.722. The van der Waals surface area contributed by atoms with Crippen LogP contribution in [0.1, 0.15) is 45.1 Å². The molecule has 7 heteroatoms. The van der Waals surface area contributed by atoms with Crippen LogP contribution in [0.25, 0.3) is 0 Å². The Labute approximate surface area is 121 Å². The minimum atomic E-state index is -3.45. The van der Waals surface area contributed by atoms with Crippen LogP contribution in [0.15, 0.2) is 11.2 Å². The van der Waals surface area contributed by atoms with Gasteiger partial charge in [-0.2, -0.15) is 9.40 Å². The standard InChI is InChI=1S/C13H24N4O2S/c1-3-7-14-9-11-10-15-16-13(11)20(18,19)17(8-4-2)12-5-6-12/h10,12,14H,3-9H2,1-2H3,(H,15,16). The lowest BCUT2D eigenvalue weighted by Gasteiger charge is -2.20. The summed E-state index contributed by atoms with van der Waals surface area (Å²) in [5.74, 6) is 0. The highest BCUT2D eigenvalue weighted by atomic mass is 32.2. The third kappa shape index (κ3) is 3.39. The molecule has 1 saturated carbocycles. The van der Waals surface area contributed by atoms with Gasteiger partial charge in [-0.1, -0.05) is 13.8 Å². The molecule has 0 atom stereocenters. The molecule has 20 heavy (non-hydrogen) atoms. The van der Waals surface area contributed by atoms with Crippen molar-refractivity contribution < 1.29 is 8.42 Å². The number of nitrogens with zero attached hydrogens (tertiary/aromatic N) is 2. The predicted molar refractivity (Wildman–Crippen MR) is 77.8 cm³/mol. The molecule has 1 aromatic heterocycles. The fourth-order valence-corrected chi connectivity index (χ4v) is 4.13. The smallest absolute Gasteiger partial charge is 0.260 e. The van der Waals surface area contributed by atoms with Crippen LogP contribution in [0, 0.1) is 0 Å². The van der Waals surface area contributed by atoms with Crippen molar-refractivity contribution in [2.24, 2.45) is 0 Å². The van der Waals surface area contributed by atoms with Crippen molar-refractivity contribution in [3.8, 4) is 0 Å². The number of rotatable bonds is 9. The van der Waals surface area contributed by atoms with Gasteiger partial charge in [0.25, 0.3) is 10.0 Å².